The second kappa shape index (κ2) is 10.9. The predicted molar refractivity (Wildman–Crippen MR) is 126 cm³/mol. The van der Waals surface area contributed by atoms with Gasteiger partial charge in [-0.3, -0.25) is 14.6 Å². The molecule has 2 aliphatic rings. The van der Waals surface area contributed by atoms with Crippen LogP contribution in [0.5, 0.6) is 11.6 Å². The van der Waals surface area contributed by atoms with Gasteiger partial charge in [0.1, 0.15) is 6.73 Å². The SMILES string of the molecule is CCOC(=O)C(C)CCC1CCN(Cc2ccc3c(c2)N(COC)c2nccnc2O3)CC1. The van der Waals surface area contributed by atoms with Gasteiger partial charge in [-0.1, -0.05) is 13.0 Å². The summed E-state index contributed by atoms with van der Waals surface area (Å²) in [6.07, 6.45) is 7.64. The Morgan fingerprint density at radius 1 is 1.24 bits per heavy atom. The van der Waals surface area contributed by atoms with Crippen LogP contribution in [0.25, 0.3) is 0 Å². The van der Waals surface area contributed by atoms with Crippen molar-refractivity contribution in [1.29, 1.82) is 0 Å². The standard InChI is InChI=1S/C25H34N4O4/c1-4-32-25(30)18(2)5-6-19-9-13-28(14-10-19)16-20-7-8-22-21(15-20)29(17-31-3)23-24(33-22)27-12-11-26-23/h7-8,11-12,15,18-19H,4-6,9-10,13-14,16-17H2,1-3H3. The summed E-state index contributed by atoms with van der Waals surface area (Å²) in [5.41, 5.74) is 2.19. The van der Waals surface area contributed by atoms with Gasteiger partial charge in [-0.15, -0.1) is 0 Å². The van der Waals surface area contributed by atoms with Gasteiger partial charge in [0.25, 0.3) is 5.88 Å². The van der Waals surface area contributed by atoms with Crippen molar-refractivity contribution in [3.05, 3.63) is 36.2 Å². The molecule has 1 aromatic heterocycles. The van der Waals surface area contributed by atoms with Crippen molar-refractivity contribution in [2.24, 2.45) is 11.8 Å². The van der Waals surface area contributed by atoms with Gasteiger partial charge in [0.2, 0.25) is 0 Å². The van der Waals surface area contributed by atoms with E-state index in [0.717, 1.165) is 43.9 Å². The number of nitrogens with zero attached hydrogens (tertiary/aromatic N) is 4. The van der Waals surface area contributed by atoms with E-state index in [4.69, 9.17) is 14.2 Å². The number of hydrogen-bond donors (Lipinski definition) is 0. The first kappa shape index (κ1) is 23.4. The molecular formula is C25H34N4O4. The summed E-state index contributed by atoms with van der Waals surface area (Å²) in [5, 5.41) is 0. The molecule has 2 aliphatic heterocycles. The van der Waals surface area contributed by atoms with Crippen molar-refractivity contribution in [3.8, 4) is 11.6 Å². The van der Waals surface area contributed by atoms with Crippen LogP contribution in [0.1, 0.15) is 45.1 Å². The highest BCUT2D eigenvalue weighted by Gasteiger charge is 2.27. The lowest BCUT2D eigenvalue weighted by atomic mass is 9.89. The van der Waals surface area contributed by atoms with Crippen LogP contribution in [0, 0.1) is 11.8 Å². The molecule has 0 saturated carbocycles. The predicted octanol–water partition coefficient (Wildman–Crippen LogP) is 4.52. The Balaban J connectivity index is 1.33. The smallest absolute Gasteiger partial charge is 0.308 e. The van der Waals surface area contributed by atoms with Crippen LogP contribution >= 0.6 is 0 Å². The lowest BCUT2D eigenvalue weighted by molar-refractivity contribution is -0.147. The maximum atomic E-state index is 11.8. The summed E-state index contributed by atoms with van der Waals surface area (Å²) in [7, 11) is 1.67. The summed E-state index contributed by atoms with van der Waals surface area (Å²) < 4.78 is 16.5. The molecule has 0 amide bonds. The third-order valence-corrected chi connectivity index (χ3v) is 6.49. The average Bonchev–Trinajstić information content (AvgIpc) is 2.83. The maximum Gasteiger partial charge on any atom is 0.308 e. The first-order valence-corrected chi connectivity index (χ1v) is 11.9. The fourth-order valence-corrected chi connectivity index (χ4v) is 4.59. The first-order chi connectivity index (χ1) is 16.1. The van der Waals surface area contributed by atoms with Crippen LogP contribution in [0.4, 0.5) is 11.5 Å². The minimum absolute atomic E-state index is 0.00874. The van der Waals surface area contributed by atoms with Gasteiger partial charge in [0.05, 0.1) is 18.2 Å². The molecule has 0 spiro atoms. The number of aromatic nitrogens is 2. The van der Waals surface area contributed by atoms with E-state index >= 15 is 0 Å². The molecule has 0 bridgehead atoms. The highest BCUT2D eigenvalue weighted by molar-refractivity contribution is 5.74. The zero-order valence-electron chi connectivity index (χ0n) is 19.8. The van der Waals surface area contributed by atoms with E-state index in [1.807, 2.05) is 24.8 Å². The van der Waals surface area contributed by atoms with Crippen molar-refractivity contribution in [2.75, 3.05) is 38.4 Å². The highest BCUT2D eigenvalue weighted by atomic mass is 16.5. The van der Waals surface area contributed by atoms with Gasteiger partial charge in [-0.05, 0) is 69.3 Å². The second-order valence-electron chi connectivity index (χ2n) is 8.89. The van der Waals surface area contributed by atoms with Crippen molar-refractivity contribution in [1.82, 2.24) is 14.9 Å². The van der Waals surface area contributed by atoms with E-state index in [9.17, 15) is 4.79 Å². The Hall–Kier alpha value is -2.71. The maximum absolute atomic E-state index is 11.8. The number of rotatable bonds is 9. The van der Waals surface area contributed by atoms with Gasteiger partial charge >= 0.3 is 5.97 Å². The number of carbonyl (C=O) groups is 1. The molecule has 178 valence electrons. The molecule has 1 saturated heterocycles. The molecule has 1 fully saturated rings. The van der Waals surface area contributed by atoms with Gasteiger partial charge in [-0.2, -0.15) is 0 Å². The molecule has 1 unspecified atom stereocenters. The van der Waals surface area contributed by atoms with Crippen LogP contribution in [-0.4, -0.2) is 54.4 Å². The minimum atomic E-state index is -0.0672. The van der Waals surface area contributed by atoms with E-state index in [-0.39, 0.29) is 11.9 Å². The van der Waals surface area contributed by atoms with Crippen molar-refractivity contribution >= 4 is 17.5 Å². The number of fused-ring (bicyclic) bond motifs is 2. The van der Waals surface area contributed by atoms with E-state index in [0.29, 0.717) is 31.0 Å². The van der Waals surface area contributed by atoms with Crippen molar-refractivity contribution in [2.45, 2.75) is 46.1 Å². The zero-order chi connectivity index (χ0) is 23.2. The van der Waals surface area contributed by atoms with E-state index in [1.165, 1.54) is 18.4 Å². The lowest BCUT2D eigenvalue weighted by Crippen LogP contribution is -2.33. The summed E-state index contributed by atoms with van der Waals surface area (Å²) in [5.74, 6) is 2.53. The number of hydrogen-bond acceptors (Lipinski definition) is 8. The number of ether oxygens (including phenoxy) is 3. The van der Waals surface area contributed by atoms with Crippen LogP contribution in [-0.2, 0) is 20.8 Å². The Kier molecular flexibility index (Phi) is 7.77. The Morgan fingerprint density at radius 2 is 2.03 bits per heavy atom. The summed E-state index contributed by atoms with van der Waals surface area (Å²) in [4.78, 5) is 25.1. The van der Waals surface area contributed by atoms with E-state index < -0.39 is 0 Å². The zero-order valence-corrected chi connectivity index (χ0v) is 19.8. The van der Waals surface area contributed by atoms with Gasteiger partial charge in [0.15, 0.2) is 11.6 Å². The van der Waals surface area contributed by atoms with Crippen LogP contribution < -0.4 is 9.64 Å². The van der Waals surface area contributed by atoms with Gasteiger partial charge in [0, 0.05) is 26.0 Å². The largest absolute Gasteiger partial charge is 0.466 e. The van der Waals surface area contributed by atoms with Crippen molar-refractivity contribution < 1.29 is 19.0 Å². The molecule has 0 radical (unpaired) electrons. The number of methoxy groups -OCH3 is 1. The molecule has 8 nitrogen and oxygen atoms in total. The monoisotopic (exact) mass is 454 g/mol. The molecular weight excluding hydrogens is 420 g/mol. The lowest BCUT2D eigenvalue weighted by Gasteiger charge is -2.33. The number of benzene rings is 1. The number of anilines is 2. The number of esters is 1. The van der Waals surface area contributed by atoms with Crippen LogP contribution in [0.3, 0.4) is 0 Å². The quantitative estimate of drug-likeness (QED) is 0.512. The minimum Gasteiger partial charge on any atom is -0.466 e. The fraction of sp³-hybridized carbons (Fsp3) is 0.560. The summed E-state index contributed by atoms with van der Waals surface area (Å²) >= 11 is 0. The molecule has 8 heteroatoms. The Bertz CT molecular complexity index is 946. The topological polar surface area (TPSA) is 77.0 Å². The molecule has 1 atom stereocenters. The van der Waals surface area contributed by atoms with Crippen molar-refractivity contribution in [3.63, 3.8) is 0 Å². The number of piperidine rings is 1. The van der Waals surface area contributed by atoms with Crippen LogP contribution in [0.15, 0.2) is 30.6 Å². The number of carbonyl (C=O) groups excluding carboxylic acids is 1. The molecule has 0 aliphatic carbocycles. The Morgan fingerprint density at radius 3 is 2.79 bits per heavy atom. The summed E-state index contributed by atoms with van der Waals surface area (Å²) in [6.45, 7) is 7.71. The van der Waals surface area contributed by atoms with E-state index in [2.05, 4.69) is 27.0 Å². The average molecular weight is 455 g/mol. The number of likely N-dealkylation sites (tertiary alicyclic amines) is 1. The normalized spacial score (nSPS) is 17.1. The molecule has 4 rings (SSSR count). The molecule has 3 heterocycles. The molecule has 33 heavy (non-hydrogen) atoms. The molecule has 2 aromatic rings. The van der Waals surface area contributed by atoms with Gasteiger partial charge in [-0.25, -0.2) is 9.97 Å². The van der Waals surface area contributed by atoms with Crippen LogP contribution in [0.2, 0.25) is 0 Å². The van der Waals surface area contributed by atoms with Gasteiger partial charge < -0.3 is 14.2 Å². The molecule has 1 aromatic carbocycles. The third kappa shape index (κ3) is 5.62. The Labute approximate surface area is 195 Å². The third-order valence-electron chi connectivity index (χ3n) is 6.49. The molecule has 0 N–H and O–H groups in total. The second-order valence-corrected chi connectivity index (χ2v) is 8.89. The first-order valence-electron chi connectivity index (χ1n) is 11.9. The fourth-order valence-electron chi connectivity index (χ4n) is 4.59. The highest BCUT2D eigenvalue weighted by Crippen LogP contribution is 2.44. The van der Waals surface area contributed by atoms with E-state index in [1.54, 1.807) is 19.5 Å². The summed E-state index contributed by atoms with van der Waals surface area (Å²) in [6, 6.07) is 6.30.